The van der Waals surface area contributed by atoms with Crippen LogP contribution in [0, 0.1) is 46.8 Å². The van der Waals surface area contributed by atoms with Crippen molar-refractivity contribution in [3.05, 3.63) is 93.2 Å². The number of anilines is 3. The molecule has 4 amide bonds. The molecule has 5 aliphatic rings. The molecule has 4 fully saturated rings. The van der Waals surface area contributed by atoms with Gasteiger partial charge in [-0.3, -0.25) is 24.1 Å². The predicted octanol–water partition coefficient (Wildman–Crippen LogP) is 6.45. The third-order valence-electron chi connectivity index (χ3n) is 11.0. The second-order valence-corrected chi connectivity index (χ2v) is 15.7. The molecule has 276 valence electrons. The van der Waals surface area contributed by atoms with Gasteiger partial charge in [0.15, 0.2) is 33.0 Å². The van der Waals surface area contributed by atoms with Crippen LogP contribution < -0.4 is 14.7 Å². The summed E-state index contributed by atoms with van der Waals surface area (Å²) in [5, 5.41) is 11.2. The van der Waals surface area contributed by atoms with Crippen LogP contribution in [0.2, 0.25) is 0 Å². The fourth-order valence-corrected chi connectivity index (χ4v) is 9.86. The summed E-state index contributed by atoms with van der Waals surface area (Å²) in [7, 11) is 0. The number of ether oxygens (including phenoxy) is 1. The zero-order valence-electron chi connectivity index (χ0n) is 27.0. The first-order valence-corrected chi connectivity index (χ1v) is 18.0. The minimum Gasteiger partial charge on any atom is -0.508 e. The number of carbonyl (C=O) groups excluding carboxylic acids is 4. The summed E-state index contributed by atoms with van der Waals surface area (Å²) in [6, 6.07) is 10.8. The Labute approximate surface area is 316 Å². The van der Waals surface area contributed by atoms with Crippen LogP contribution in [0.5, 0.6) is 5.75 Å². The third kappa shape index (κ3) is 4.89. The smallest absolute Gasteiger partial charge is 0.258 e. The molecule has 6 atom stereocenters. The van der Waals surface area contributed by atoms with E-state index >= 15 is 8.78 Å². The zero-order valence-corrected chi connectivity index (χ0v) is 30.1. The Bertz CT molecular complexity index is 2160. The number of halogens is 8. The van der Waals surface area contributed by atoms with Crippen molar-refractivity contribution in [2.24, 2.45) is 17.8 Å². The maximum absolute atomic E-state index is 15.3. The van der Waals surface area contributed by atoms with Gasteiger partial charge in [0.2, 0.25) is 17.6 Å². The number of alkyl halides is 2. The first kappa shape index (κ1) is 36.0. The number of amides is 4. The molecule has 0 bridgehead atoms. The maximum Gasteiger partial charge on any atom is 0.258 e. The van der Waals surface area contributed by atoms with Gasteiger partial charge in [0.05, 0.1) is 30.7 Å². The number of fused-ring (bicyclic) bond motifs is 4. The molecule has 1 N–H and O–H groups in total. The monoisotopic (exact) mass is 839 g/mol. The van der Waals surface area contributed by atoms with Gasteiger partial charge in [-0.05, 0) is 61.2 Å². The highest BCUT2D eigenvalue weighted by Gasteiger charge is 2.77. The normalized spacial score (nSPS) is 29.7. The lowest BCUT2D eigenvalue weighted by atomic mass is 9.56. The maximum atomic E-state index is 15.3. The fraction of sp³-hybridized carbons (Fsp3) is 0.333. The lowest BCUT2D eigenvalue weighted by Gasteiger charge is -2.50. The molecular formula is C36H25BrCl2F5N3O6. The van der Waals surface area contributed by atoms with E-state index in [1.54, 1.807) is 30.3 Å². The summed E-state index contributed by atoms with van der Waals surface area (Å²) in [6.07, 6.45) is 0.864. The van der Waals surface area contributed by atoms with Gasteiger partial charge in [0.25, 0.3) is 11.8 Å². The summed E-state index contributed by atoms with van der Waals surface area (Å²) in [5.74, 6) is -22.1. The van der Waals surface area contributed by atoms with Crippen LogP contribution in [-0.4, -0.2) is 64.8 Å². The molecule has 3 aromatic rings. The van der Waals surface area contributed by atoms with Crippen molar-refractivity contribution in [2.75, 3.05) is 41.0 Å². The van der Waals surface area contributed by atoms with E-state index in [9.17, 15) is 37.5 Å². The van der Waals surface area contributed by atoms with Crippen molar-refractivity contribution in [3.63, 3.8) is 0 Å². The second kappa shape index (κ2) is 12.5. The summed E-state index contributed by atoms with van der Waals surface area (Å²) >= 11 is 17.6. The van der Waals surface area contributed by atoms with Crippen LogP contribution in [0.15, 0.2) is 58.6 Å². The fourth-order valence-electron chi connectivity index (χ4n) is 8.56. The number of benzene rings is 3. The van der Waals surface area contributed by atoms with Gasteiger partial charge in [-0.2, -0.15) is 0 Å². The minimum absolute atomic E-state index is 0.0412. The summed E-state index contributed by atoms with van der Waals surface area (Å²) in [4.78, 5) is 54.6. The molecule has 9 nitrogen and oxygen atoms in total. The number of phenolic OH excluding ortho intramolecular Hbond substituents is 1. The molecule has 3 heterocycles. The molecule has 17 heteroatoms. The standard InChI is InChI=1S/C36H25BrCl2F5N3O6/c37-15-1-8-22(48)20(13-15)24-18-6-7-19-23(32(50)46(31(19)49)17-4-2-16(3-5-17)45-9-11-53-12-10-45)21(18)14-35(38)33(51)47(34(52)36(24,35)39)30-28(43)26(41)25(40)27(42)29(30)44/h1-6,8,13,19,21,23-24,48H,7,9-12,14H2. The van der Waals surface area contributed by atoms with E-state index in [2.05, 4.69) is 20.8 Å². The molecule has 53 heavy (non-hydrogen) atoms. The molecule has 1 saturated carbocycles. The van der Waals surface area contributed by atoms with Crippen molar-refractivity contribution >= 4 is 79.8 Å². The van der Waals surface area contributed by atoms with E-state index in [4.69, 9.17) is 27.9 Å². The third-order valence-corrected chi connectivity index (χ3v) is 12.9. The highest BCUT2D eigenvalue weighted by atomic mass is 79.9. The number of morpholine rings is 1. The quantitative estimate of drug-likeness (QED) is 0.0804. The molecule has 0 aromatic heterocycles. The van der Waals surface area contributed by atoms with E-state index in [1.807, 2.05) is 0 Å². The Kier molecular flexibility index (Phi) is 8.48. The molecule has 0 radical (unpaired) electrons. The van der Waals surface area contributed by atoms with Crippen LogP contribution in [-0.2, 0) is 23.9 Å². The Balaban J connectivity index is 1.25. The lowest BCUT2D eigenvalue weighted by Crippen LogP contribution is -2.60. The van der Waals surface area contributed by atoms with E-state index in [0.29, 0.717) is 30.8 Å². The van der Waals surface area contributed by atoms with E-state index in [-0.39, 0.29) is 28.1 Å². The number of aromatic hydroxyl groups is 1. The van der Waals surface area contributed by atoms with Gasteiger partial charge in [-0.15, -0.1) is 23.2 Å². The van der Waals surface area contributed by atoms with Gasteiger partial charge in [0.1, 0.15) is 11.4 Å². The van der Waals surface area contributed by atoms with Crippen molar-refractivity contribution in [3.8, 4) is 5.75 Å². The molecule has 3 aromatic carbocycles. The number of nitrogens with zero attached hydrogens (tertiary/aromatic N) is 3. The van der Waals surface area contributed by atoms with Crippen LogP contribution in [0.4, 0.5) is 39.0 Å². The van der Waals surface area contributed by atoms with E-state index in [1.165, 1.54) is 18.2 Å². The Morgan fingerprint density at radius 3 is 2.02 bits per heavy atom. The Hall–Kier alpha value is -4.05. The number of imide groups is 2. The topological polar surface area (TPSA) is 107 Å². The zero-order chi connectivity index (χ0) is 37.9. The van der Waals surface area contributed by atoms with Gasteiger partial charge >= 0.3 is 0 Å². The molecule has 3 saturated heterocycles. The van der Waals surface area contributed by atoms with Crippen LogP contribution >= 0.6 is 39.1 Å². The van der Waals surface area contributed by atoms with Crippen LogP contribution in [0.3, 0.4) is 0 Å². The van der Waals surface area contributed by atoms with Gasteiger partial charge in [-0.25, -0.2) is 26.9 Å². The van der Waals surface area contributed by atoms with Crippen LogP contribution in [0.25, 0.3) is 0 Å². The molecule has 0 spiro atoms. The average Bonchev–Trinajstić information content (AvgIpc) is 3.49. The molecule has 3 aliphatic heterocycles. The number of carbonyl (C=O) groups is 4. The second-order valence-electron chi connectivity index (χ2n) is 13.5. The average molecular weight is 841 g/mol. The van der Waals surface area contributed by atoms with Gasteiger partial charge in [-0.1, -0.05) is 27.6 Å². The van der Waals surface area contributed by atoms with Crippen molar-refractivity contribution in [1.29, 1.82) is 0 Å². The summed E-state index contributed by atoms with van der Waals surface area (Å²) in [5.41, 5.74) is -0.621. The largest absolute Gasteiger partial charge is 0.508 e. The number of rotatable bonds is 4. The first-order valence-electron chi connectivity index (χ1n) is 16.4. The number of allylic oxidation sites excluding steroid dienone is 2. The molecule has 8 rings (SSSR count). The molecule has 2 aliphatic carbocycles. The van der Waals surface area contributed by atoms with Crippen molar-refractivity contribution in [1.82, 2.24) is 0 Å². The number of hydrogen-bond acceptors (Lipinski definition) is 7. The van der Waals surface area contributed by atoms with Gasteiger partial charge < -0.3 is 14.7 Å². The van der Waals surface area contributed by atoms with Crippen molar-refractivity contribution < 1.29 is 51.0 Å². The van der Waals surface area contributed by atoms with E-state index < -0.39 is 104 Å². The molecule has 6 unspecified atom stereocenters. The van der Waals surface area contributed by atoms with Crippen molar-refractivity contribution in [2.45, 2.75) is 28.5 Å². The molecular weight excluding hydrogens is 816 g/mol. The number of hydrogen-bond donors (Lipinski definition) is 1. The lowest BCUT2D eigenvalue weighted by molar-refractivity contribution is -0.125. The van der Waals surface area contributed by atoms with Gasteiger partial charge in [0, 0.05) is 34.7 Å². The van der Waals surface area contributed by atoms with E-state index in [0.717, 1.165) is 10.6 Å². The minimum atomic E-state index is -2.75. The van der Waals surface area contributed by atoms with Crippen LogP contribution in [0.1, 0.15) is 24.3 Å². The highest BCUT2D eigenvalue weighted by Crippen LogP contribution is 2.67. The Morgan fingerprint density at radius 1 is 0.774 bits per heavy atom. The SMILES string of the molecule is O=C1C2CC=C3C(CC4(Cl)C(=O)N(c5c(F)c(F)c(F)c(F)c5F)C(=O)C4(Cl)C3c3cc(Br)ccc3O)C2C(=O)N1c1ccc(N2CCOCC2)cc1. The summed E-state index contributed by atoms with van der Waals surface area (Å²) in [6.45, 7) is 2.40. The summed E-state index contributed by atoms with van der Waals surface area (Å²) < 4.78 is 79.3. The first-order chi connectivity index (χ1) is 25.1. The highest BCUT2D eigenvalue weighted by molar-refractivity contribution is 9.10. The number of phenols is 1. The predicted molar refractivity (Wildman–Crippen MR) is 184 cm³/mol. The Morgan fingerprint density at radius 2 is 1.38 bits per heavy atom.